The molecule has 1 N–H and O–H groups in total. The lowest BCUT2D eigenvalue weighted by molar-refractivity contribution is -0.142. The first kappa shape index (κ1) is 20.8. The van der Waals surface area contributed by atoms with Crippen LogP contribution in [0.25, 0.3) is 0 Å². The van der Waals surface area contributed by atoms with E-state index in [0.29, 0.717) is 19.3 Å². The third kappa shape index (κ3) is 4.37. The molecule has 1 aliphatic rings. The zero-order valence-corrected chi connectivity index (χ0v) is 17.9. The Bertz CT molecular complexity index is 731. The van der Waals surface area contributed by atoms with Crippen LogP contribution in [0.1, 0.15) is 40.0 Å². The SMILES string of the molecule is CC(C)(C)[Si](OC[C@H](O)C[C@H]1CCC(=O)O1)(c1ccccc1)c1ccccc1. The van der Waals surface area contributed by atoms with Crippen LogP contribution in [0.2, 0.25) is 5.04 Å². The van der Waals surface area contributed by atoms with Crippen LogP contribution in [0.4, 0.5) is 0 Å². The van der Waals surface area contributed by atoms with Crippen molar-refractivity contribution in [3.8, 4) is 0 Å². The fraction of sp³-hybridized carbons (Fsp3) is 0.435. The second kappa shape index (κ2) is 8.60. The van der Waals surface area contributed by atoms with Crippen LogP contribution in [0.5, 0.6) is 0 Å². The Morgan fingerprint density at radius 3 is 2.04 bits per heavy atom. The predicted molar refractivity (Wildman–Crippen MR) is 113 cm³/mol. The third-order valence-corrected chi connectivity index (χ3v) is 10.4. The minimum Gasteiger partial charge on any atom is -0.462 e. The van der Waals surface area contributed by atoms with Crippen molar-refractivity contribution in [1.29, 1.82) is 0 Å². The molecule has 1 saturated heterocycles. The number of rotatable bonds is 7. The van der Waals surface area contributed by atoms with E-state index in [1.807, 2.05) is 36.4 Å². The molecule has 0 radical (unpaired) electrons. The highest BCUT2D eigenvalue weighted by atomic mass is 28.4. The maximum absolute atomic E-state index is 11.3. The Morgan fingerprint density at radius 1 is 1.07 bits per heavy atom. The number of benzene rings is 2. The fourth-order valence-electron chi connectivity index (χ4n) is 4.10. The van der Waals surface area contributed by atoms with E-state index in [9.17, 15) is 9.90 Å². The number of carbonyl (C=O) groups is 1. The predicted octanol–water partition coefficient (Wildman–Crippen LogP) is 3.02. The zero-order chi connectivity index (χ0) is 20.2. The fourth-order valence-corrected chi connectivity index (χ4v) is 8.70. The summed E-state index contributed by atoms with van der Waals surface area (Å²) in [6.07, 6.45) is 0.661. The van der Waals surface area contributed by atoms with Crippen LogP contribution in [-0.2, 0) is 14.0 Å². The Hall–Kier alpha value is -1.95. The Morgan fingerprint density at radius 2 is 1.61 bits per heavy atom. The molecular weight excluding hydrogens is 368 g/mol. The largest absolute Gasteiger partial charge is 0.462 e. The summed E-state index contributed by atoms with van der Waals surface area (Å²) in [5.74, 6) is -0.176. The summed E-state index contributed by atoms with van der Waals surface area (Å²) in [6, 6.07) is 20.7. The highest BCUT2D eigenvalue weighted by Gasteiger charge is 2.50. The molecule has 0 aliphatic carbocycles. The molecule has 1 heterocycles. The number of hydrogen-bond acceptors (Lipinski definition) is 4. The van der Waals surface area contributed by atoms with E-state index in [-0.39, 0.29) is 23.7 Å². The van der Waals surface area contributed by atoms with Gasteiger partial charge in [0, 0.05) is 12.8 Å². The van der Waals surface area contributed by atoms with Crippen molar-refractivity contribution in [3.63, 3.8) is 0 Å². The van der Waals surface area contributed by atoms with Crippen LogP contribution < -0.4 is 10.4 Å². The second-order valence-electron chi connectivity index (χ2n) is 8.51. The maximum Gasteiger partial charge on any atom is 0.306 e. The van der Waals surface area contributed by atoms with Gasteiger partial charge in [0.25, 0.3) is 8.32 Å². The summed E-state index contributed by atoms with van der Waals surface area (Å²) in [4.78, 5) is 11.3. The van der Waals surface area contributed by atoms with Gasteiger partial charge in [-0.2, -0.15) is 0 Å². The highest BCUT2D eigenvalue weighted by molar-refractivity contribution is 6.99. The monoisotopic (exact) mass is 398 g/mol. The molecular formula is C23H30O4Si. The molecule has 28 heavy (non-hydrogen) atoms. The van der Waals surface area contributed by atoms with Gasteiger partial charge in [0.05, 0.1) is 12.7 Å². The van der Waals surface area contributed by atoms with Gasteiger partial charge in [0.2, 0.25) is 0 Å². The minimum absolute atomic E-state index is 0.130. The first-order chi connectivity index (χ1) is 13.3. The molecule has 2 aromatic carbocycles. The van der Waals surface area contributed by atoms with Crippen LogP contribution in [-0.4, -0.2) is 38.2 Å². The van der Waals surface area contributed by atoms with Gasteiger partial charge in [0.15, 0.2) is 0 Å². The van der Waals surface area contributed by atoms with Crippen LogP contribution in [0.15, 0.2) is 60.7 Å². The van der Waals surface area contributed by atoms with Crippen molar-refractivity contribution in [2.24, 2.45) is 0 Å². The molecule has 0 unspecified atom stereocenters. The number of aliphatic hydroxyl groups is 1. The average molecular weight is 399 g/mol. The number of carbonyl (C=O) groups excluding carboxylic acids is 1. The number of hydrogen-bond donors (Lipinski definition) is 1. The number of ether oxygens (including phenoxy) is 1. The summed E-state index contributed by atoms with van der Waals surface area (Å²) >= 11 is 0. The van der Waals surface area contributed by atoms with E-state index in [1.54, 1.807) is 0 Å². The number of aliphatic hydroxyl groups excluding tert-OH is 1. The minimum atomic E-state index is -2.65. The summed E-state index contributed by atoms with van der Waals surface area (Å²) in [5.41, 5.74) is 0. The van der Waals surface area contributed by atoms with Crippen molar-refractivity contribution in [3.05, 3.63) is 60.7 Å². The molecule has 2 aromatic rings. The standard InChI is InChI=1S/C23H30O4Si/c1-23(2,3)28(20-10-6-4-7-11-20,21-12-8-5-9-13-21)26-17-18(24)16-19-14-15-22(25)27-19/h4-13,18-19,24H,14-17H2,1-3H3/t18-,19-/m1/s1. The Balaban J connectivity index is 1.89. The van der Waals surface area contributed by atoms with Gasteiger partial charge >= 0.3 is 5.97 Å². The average Bonchev–Trinajstić information content (AvgIpc) is 3.07. The molecule has 0 saturated carbocycles. The van der Waals surface area contributed by atoms with Gasteiger partial charge in [-0.15, -0.1) is 0 Å². The van der Waals surface area contributed by atoms with Gasteiger partial charge in [0.1, 0.15) is 6.10 Å². The zero-order valence-electron chi connectivity index (χ0n) is 16.9. The normalized spacial score (nSPS) is 18.7. The van der Waals surface area contributed by atoms with Crippen molar-refractivity contribution >= 4 is 24.7 Å². The lowest BCUT2D eigenvalue weighted by Gasteiger charge is -2.43. The summed E-state index contributed by atoms with van der Waals surface area (Å²) < 4.78 is 12.0. The quantitative estimate of drug-likeness (QED) is 0.575. The molecule has 1 aliphatic heterocycles. The molecule has 2 atom stereocenters. The highest BCUT2D eigenvalue weighted by Crippen LogP contribution is 2.37. The lowest BCUT2D eigenvalue weighted by Crippen LogP contribution is -2.67. The Kier molecular flexibility index (Phi) is 6.38. The summed E-state index contributed by atoms with van der Waals surface area (Å²) in [5, 5.41) is 12.9. The molecule has 150 valence electrons. The van der Waals surface area contributed by atoms with E-state index in [4.69, 9.17) is 9.16 Å². The first-order valence-corrected chi connectivity index (χ1v) is 11.9. The molecule has 1 fully saturated rings. The first-order valence-electron chi connectivity index (χ1n) is 9.95. The van der Waals surface area contributed by atoms with Gasteiger partial charge in [-0.05, 0) is 21.8 Å². The molecule has 0 amide bonds. The van der Waals surface area contributed by atoms with Crippen LogP contribution in [0.3, 0.4) is 0 Å². The van der Waals surface area contributed by atoms with E-state index >= 15 is 0 Å². The summed E-state index contributed by atoms with van der Waals surface area (Å²) in [7, 11) is -2.65. The van der Waals surface area contributed by atoms with Gasteiger partial charge in [-0.25, -0.2) is 0 Å². The molecule has 4 nitrogen and oxygen atoms in total. The van der Waals surface area contributed by atoms with Crippen LogP contribution in [0, 0.1) is 0 Å². The van der Waals surface area contributed by atoms with E-state index in [1.165, 1.54) is 10.4 Å². The topological polar surface area (TPSA) is 55.8 Å². The molecule has 0 aromatic heterocycles. The smallest absolute Gasteiger partial charge is 0.306 e. The molecule has 0 spiro atoms. The van der Waals surface area contributed by atoms with Gasteiger partial charge in [-0.1, -0.05) is 81.4 Å². The third-order valence-electron chi connectivity index (χ3n) is 5.41. The second-order valence-corrected chi connectivity index (χ2v) is 12.8. The number of cyclic esters (lactones) is 1. The van der Waals surface area contributed by atoms with Crippen molar-refractivity contribution in [2.45, 2.75) is 57.3 Å². The Labute approximate surface area is 168 Å². The van der Waals surface area contributed by atoms with Crippen molar-refractivity contribution < 1.29 is 19.1 Å². The molecule has 3 rings (SSSR count). The van der Waals surface area contributed by atoms with Crippen LogP contribution >= 0.6 is 0 Å². The van der Waals surface area contributed by atoms with E-state index < -0.39 is 14.4 Å². The van der Waals surface area contributed by atoms with E-state index in [0.717, 1.165) is 0 Å². The van der Waals surface area contributed by atoms with Gasteiger partial charge < -0.3 is 14.3 Å². The number of esters is 1. The van der Waals surface area contributed by atoms with Gasteiger partial charge in [-0.3, -0.25) is 4.79 Å². The van der Waals surface area contributed by atoms with Crippen molar-refractivity contribution in [2.75, 3.05) is 6.61 Å². The summed E-state index contributed by atoms with van der Waals surface area (Å²) in [6.45, 7) is 6.86. The lowest BCUT2D eigenvalue weighted by atomic mass is 10.1. The van der Waals surface area contributed by atoms with Crippen molar-refractivity contribution in [1.82, 2.24) is 0 Å². The van der Waals surface area contributed by atoms with E-state index in [2.05, 4.69) is 45.0 Å². The maximum atomic E-state index is 11.3. The molecule has 5 heteroatoms. The molecule has 0 bridgehead atoms.